The third kappa shape index (κ3) is 3.23. The molecular weight excluding hydrogens is 254 g/mol. The average molecular weight is 273 g/mol. The summed E-state index contributed by atoms with van der Waals surface area (Å²) in [5.41, 5.74) is 0.644. The first-order chi connectivity index (χ1) is 9.61. The Bertz CT molecular complexity index is 613. The third-order valence-electron chi connectivity index (χ3n) is 3.17. The summed E-state index contributed by atoms with van der Waals surface area (Å²) in [5, 5.41) is 13.2. The maximum atomic E-state index is 11.1. The zero-order valence-electron chi connectivity index (χ0n) is 11.8. The van der Waals surface area contributed by atoms with Crippen LogP contribution in [0.5, 0.6) is 0 Å². The van der Waals surface area contributed by atoms with Crippen molar-refractivity contribution in [2.75, 3.05) is 5.32 Å². The van der Waals surface area contributed by atoms with Crippen molar-refractivity contribution in [3.63, 3.8) is 0 Å². The van der Waals surface area contributed by atoms with Gasteiger partial charge >= 0.3 is 5.97 Å². The first-order valence-corrected chi connectivity index (χ1v) is 6.88. The summed E-state index contributed by atoms with van der Waals surface area (Å²) in [6.07, 6.45) is 3.29. The summed E-state index contributed by atoms with van der Waals surface area (Å²) in [6, 6.07) is 7.68. The van der Waals surface area contributed by atoms with Gasteiger partial charge in [0.1, 0.15) is 5.82 Å². The van der Waals surface area contributed by atoms with E-state index in [1.807, 2.05) is 18.2 Å². The highest BCUT2D eigenvalue weighted by molar-refractivity contribution is 5.93. The van der Waals surface area contributed by atoms with Crippen molar-refractivity contribution in [1.82, 2.24) is 9.97 Å². The van der Waals surface area contributed by atoms with Gasteiger partial charge in [-0.3, -0.25) is 0 Å². The number of aromatic nitrogens is 2. The highest BCUT2D eigenvalue weighted by Gasteiger charge is 2.13. The molecule has 1 aromatic carbocycles. The van der Waals surface area contributed by atoms with E-state index in [1.54, 1.807) is 6.07 Å². The van der Waals surface area contributed by atoms with Crippen molar-refractivity contribution in [3.8, 4) is 0 Å². The first-order valence-electron chi connectivity index (χ1n) is 6.88. The number of benzene rings is 1. The number of nitrogens with one attached hydrogen (secondary N) is 1. The fraction of sp³-hybridized carbons (Fsp3) is 0.400. The number of carboxylic acid groups (broad SMARTS) is 1. The molecule has 0 aliphatic rings. The van der Waals surface area contributed by atoms with Gasteiger partial charge in [0.25, 0.3) is 0 Å². The predicted octanol–water partition coefficient (Wildman–Crippen LogP) is 3.32. The Kier molecular flexibility index (Phi) is 4.50. The van der Waals surface area contributed by atoms with E-state index >= 15 is 0 Å². The molecule has 2 rings (SSSR count). The Morgan fingerprint density at radius 2 is 2.10 bits per heavy atom. The fourth-order valence-corrected chi connectivity index (χ4v) is 2.10. The van der Waals surface area contributed by atoms with Crippen molar-refractivity contribution in [2.24, 2.45) is 0 Å². The molecule has 106 valence electrons. The van der Waals surface area contributed by atoms with E-state index in [9.17, 15) is 4.79 Å². The van der Waals surface area contributed by atoms with Gasteiger partial charge in [0.2, 0.25) is 5.82 Å². The number of aromatic carboxylic acids is 1. The minimum atomic E-state index is -1.11. The van der Waals surface area contributed by atoms with E-state index in [4.69, 9.17) is 5.11 Å². The fourth-order valence-electron chi connectivity index (χ4n) is 2.10. The van der Waals surface area contributed by atoms with Crippen LogP contribution in [0.1, 0.15) is 43.7 Å². The summed E-state index contributed by atoms with van der Waals surface area (Å²) in [4.78, 5) is 19.3. The van der Waals surface area contributed by atoms with Crippen LogP contribution in [0.2, 0.25) is 0 Å². The lowest BCUT2D eigenvalue weighted by atomic mass is 10.1. The summed E-state index contributed by atoms with van der Waals surface area (Å²) < 4.78 is 0. The maximum absolute atomic E-state index is 11.1. The molecular formula is C15H19N3O2. The number of unbranched alkanes of at least 4 members (excludes halogenated alkanes) is 1. The molecule has 1 atom stereocenters. The van der Waals surface area contributed by atoms with Crippen LogP contribution in [-0.4, -0.2) is 27.1 Å². The molecule has 0 radical (unpaired) electrons. The number of fused-ring (bicyclic) bond motifs is 1. The molecule has 1 unspecified atom stereocenters. The molecule has 1 heterocycles. The van der Waals surface area contributed by atoms with Crippen LogP contribution < -0.4 is 5.32 Å². The van der Waals surface area contributed by atoms with Crippen molar-refractivity contribution in [3.05, 3.63) is 30.1 Å². The van der Waals surface area contributed by atoms with Gasteiger partial charge in [-0.25, -0.2) is 14.8 Å². The molecule has 0 saturated heterocycles. The topological polar surface area (TPSA) is 75.1 Å². The number of hydrogen-bond donors (Lipinski definition) is 2. The highest BCUT2D eigenvalue weighted by atomic mass is 16.4. The van der Waals surface area contributed by atoms with Gasteiger partial charge in [0.05, 0.1) is 5.52 Å². The van der Waals surface area contributed by atoms with E-state index in [2.05, 4.69) is 29.1 Å². The largest absolute Gasteiger partial charge is 0.475 e. The summed E-state index contributed by atoms with van der Waals surface area (Å²) >= 11 is 0. The van der Waals surface area contributed by atoms with Crippen LogP contribution >= 0.6 is 0 Å². The van der Waals surface area contributed by atoms with Gasteiger partial charge in [0.15, 0.2) is 0 Å². The lowest BCUT2D eigenvalue weighted by molar-refractivity contribution is 0.0684. The lowest BCUT2D eigenvalue weighted by Gasteiger charge is -2.15. The number of nitrogens with zero attached hydrogens (tertiary/aromatic N) is 2. The number of anilines is 1. The number of carboxylic acids is 1. The van der Waals surface area contributed by atoms with E-state index < -0.39 is 5.97 Å². The van der Waals surface area contributed by atoms with Crippen LogP contribution in [0.4, 0.5) is 5.82 Å². The van der Waals surface area contributed by atoms with Crippen LogP contribution in [0.25, 0.3) is 10.9 Å². The molecule has 0 aliphatic heterocycles. The van der Waals surface area contributed by atoms with Gasteiger partial charge in [-0.1, -0.05) is 31.9 Å². The van der Waals surface area contributed by atoms with Gasteiger partial charge in [-0.15, -0.1) is 0 Å². The van der Waals surface area contributed by atoms with E-state index in [-0.39, 0.29) is 11.9 Å². The first kappa shape index (κ1) is 14.2. The quantitative estimate of drug-likeness (QED) is 0.844. The van der Waals surface area contributed by atoms with E-state index in [0.717, 1.165) is 24.6 Å². The molecule has 5 heteroatoms. The molecule has 5 nitrogen and oxygen atoms in total. The molecule has 0 fully saturated rings. The second-order valence-corrected chi connectivity index (χ2v) is 4.91. The molecule has 1 aromatic heterocycles. The molecule has 0 aliphatic carbocycles. The molecule has 20 heavy (non-hydrogen) atoms. The molecule has 0 bridgehead atoms. The number of para-hydroxylation sites is 1. The van der Waals surface area contributed by atoms with Crippen molar-refractivity contribution in [2.45, 2.75) is 39.2 Å². The zero-order chi connectivity index (χ0) is 14.5. The zero-order valence-corrected chi connectivity index (χ0v) is 11.8. The highest BCUT2D eigenvalue weighted by Crippen LogP contribution is 2.21. The SMILES string of the molecule is CCCCC(C)Nc1nc(C(=O)O)nc2ccccc12. The lowest BCUT2D eigenvalue weighted by Crippen LogP contribution is -2.17. The maximum Gasteiger partial charge on any atom is 0.374 e. The van der Waals surface area contributed by atoms with E-state index in [0.29, 0.717) is 11.3 Å². The van der Waals surface area contributed by atoms with Gasteiger partial charge in [-0.05, 0) is 25.5 Å². The summed E-state index contributed by atoms with van der Waals surface area (Å²) in [6.45, 7) is 4.22. The Balaban J connectivity index is 2.37. The summed E-state index contributed by atoms with van der Waals surface area (Å²) in [7, 11) is 0. The number of hydrogen-bond acceptors (Lipinski definition) is 4. The Labute approximate surface area is 118 Å². The minimum Gasteiger partial charge on any atom is -0.475 e. The van der Waals surface area contributed by atoms with Gasteiger partial charge in [0, 0.05) is 11.4 Å². The van der Waals surface area contributed by atoms with Gasteiger partial charge < -0.3 is 10.4 Å². The monoisotopic (exact) mass is 273 g/mol. The van der Waals surface area contributed by atoms with Crippen molar-refractivity contribution < 1.29 is 9.90 Å². The molecule has 0 amide bonds. The molecule has 2 aromatic rings. The Morgan fingerprint density at radius 3 is 2.80 bits per heavy atom. The third-order valence-corrected chi connectivity index (χ3v) is 3.17. The summed E-state index contributed by atoms with van der Waals surface area (Å²) in [5.74, 6) is -0.689. The average Bonchev–Trinajstić information content (AvgIpc) is 2.44. The predicted molar refractivity (Wildman–Crippen MR) is 79.1 cm³/mol. The van der Waals surface area contributed by atoms with Crippen molar-refractivity contribution in [1.29, 1.82) is 0 Å². The standard InChI is InChI=1S/C15H19N3O2/c1-3-4-7-10(2)16-13-11-8-5-6-9-12(11)17-14(18-13)15(19)20/h5-6,8-10H,3-4,7H2,1-2H3,(H,19,20)(H,16,17,18). The van der Waals surface area contributed by atoms with Gasteiger partial charge in [-0.2, -0.15) is 0 Å². The molecule has 0 saturated carbocycles. The smallest absolute Gasteiger partial charge is 0.374 e. The van der Waals surface area contributed by atoms with Crippen LogP contribution in [0, 0.1) is 0 Å². The molecule has 0 spiro atoms. The number of rotatable bonds is 6. The number of carbonyl (C=O) groups is 1. The van der Waals surface area contributed by atoms with Crippen molar-refractivity contribution >= 4 is 22.7 Å². The second-order valence-electron chi connectivity index (χ2n) is 4.91. The minimum absolute atomic E-state index is 0.172. The Morgan fingerprint density at radius 1 is 1.35 bits per heavy atom. The van der Waals surface area contributed by atoms with Crippen LogP contribution in [0.15, 0.2) is 24.3 Å². The van der Waals surface area contributed by atoms with Crippen LogP contribution in [-0.2, 0) is 0 Å². The van der Waals surface area contributed by atoms with Crippen LogP contribution in [0.3, 0.4) is 0 Å². The van der Waals surface area contributed by atoms with E-state index in [1.165, 1.54) is 0 Å². The molecule has 2 N–H and O–H groups in total. The normalized spacial score (nSPS) is 12.3. The second kappa shape index (κ2) is 6.32. The Hall–Kier alpha value is -2.17.